The van der Waals surface area contributed by atoms with Gasteiger partial charge in [0, 0.05) is 6.42 Å². The van der Waals surface area contributed by atoms with Gasteiger partial charge in [-0.05, 0) is 27.2 Å². The molecule has 0 bridgehead atoms. The predicted octanol–water partition coefficient (Wildman–Crippen LogP) is 2.43. The van der Waals surface area contributed by atoms with Crippen LogP contribution < -0.4 is 0 Å². The Morgan fingerprint density at radius 3 is 2.27 bits per heavy atom. The Morgan fingerprint density at radius 1 is 1.20 bits per heavy atom. The van der Waals surface area contributed by atoms with Crippen LogP contribution in [0.3, 0.4) is 0 Å². The quantitative estimate of drug-likeness (QED) is 0.660. The number of rotatable bonds is 6. The molecule has 15 heavy (non-hydrogen) atoms. The molecule has 0 heterocycles. The smallest absolute Gasteiger partial charge is 0.316 e. The van der Waals surface area contributed by atoms with Crippen molar-refractivity contribution >= 4 is 23.5 Å². The van der Waals surface area contributed by atoms with Gasteiger partial charge in [-0.15, -0.1) is 11.8 Å². The molecular weight excluding hydrogens is 212 g/mol. The minimum absolute atomic E-state index is 0.200. The first-order chi connectivity index (χ1) is 6.85. The van der Waals surface area contributed by atoms with Crippen molar-refractivity contribution in [2.45, 2.75) is 46.1 Å². The van der Waals surface area contributed by atoms with E-state index < -0.39 is 5.60 Å². The number of ether oxygens (including phenoxy) is 1. The summed E-state index contributed by atoms with van der Waals surface area (Å²) in [6.45, 7) is 7.46. The van der Waals surface area contributed by atoms with Gasteiger partial charge in [-0.2, -0.15) is 0 Å². The van der Waals surface area contributed by atoms with Crippen molar-refractivity contribution in [3.8, 4) is 0 Å². The Bertz CT molecular complexity index is 218. The topological polar surface area (TPSA) is 43.4 Å². The average molecular weight is 232 g/mol. The molecule has 3 nitrogen and oxygen atoms in total. The largest absolute Gasteiger partial charge is 0.459 e. The summed E-state index contributed by atoms with van der Waals surface area (Å²) in [4.78, 5) is 22.4. The standard InChI is InChI=1S/C11H20O3S/c1-5-6-9(12)7-15-8-10(13)14-11(2,3)4/h5-8H2,1-4H3. The molecule has 0 radical (unpaired) electrons. The Hall–Kier alpha value is -0.510. The zero-order valence-corrected chi connectivity index (χ0v) is 10.8. The Labute approximate surface area is 95.9 Å². The molecule has 0 spiro atoms. The van der Waals surface area contributed by atoms with E-state index in [1.54, 1.807) is 0 Å². The molecule has 0 atom stereocenters. The molecule has 0 unspecified atom stereocenters. The lowest BCUT2D eigenvalue weighted by Crippen LogP contribution is -2.25. The second-order valence-electron chi connectivity index (χ2n) is 4.37. The summed E-state index contributed by atoms with van der Waals surface area (Å²) in [5, 5.41) is 0. The van der Waals surface area contributed by atoms with E-state index in [2.05, 4.69) is 0 Å². The summed E-state index contributed by atoms with van der Waals surface area (Å²) >= 11 is 1.33. The molecule has 0 aliphatic carbocycles. The maximum Gasteiger partial charge on any atom is 0.316 e. The van der Waals surface area contributed by atoms with E-state index in [1.807, 2.05) is 27.7 Å². The first-order valence-electron chi connectivity index (χ1n) is 5.16. The zero-order valence-electron chi connectivity index (χ0n) is 9.96. The monoisotopic (exact) mass is 232 g/mol. The summed E-state index contributed by atoms with van der Waals surface area (Å²) in [5.41, 5.74) is -0.439. The summed E-state index contributed by atoms with van der Waals surface area (Å²) in [6, 6.07) is 0. The SMILES string of the molecule is CCCC(=O)CSCC(=O)OC(C)(C)C. The van der Waals surface area contributed by atoms with E-state index in [9.17, 15) is 9.59 Å². The summed E-state index contributed by atoms with van der Waals surface area (Å²) in [7, 11) is 0. The third-order valence-electron chi connectivity index (χ3n) is 1.43. The van der Waals surface area contributed by atoms with Crippen molar-refractivity contribution < 1.29 is 14.3 Å². The molecule has 0 aliphatic heterocycles. The number of hydrogen-bond donors (Lipinski definition) is 0. The number of carbonyl (C=O) groups excluding carboxylic acids is 2. The maximum absolute atomic E-state index is 11.2. The lowest BCUT2D eigenvalue weighted by molar-refractivity contribution is -0.151. The van der Waals surface area contributed by atoms with Crippen molar-refractivity contribution in [2.24, 2.45) is 0 Å². The molecule has 4 heteroatoms. The summed E-state index contributed by atoms with van der Waals surface area (Å²) < 4.78 is 5.11. The highest BCUT2D eigenvalue weighted by atomic mass is 32.2. The van der Waals surface area contributed by atoms with Gasteiger partial charge >= 0.3 is 5.97 Å². The van der Waals surface area contributed by atoms with Crippen molar-refractivity contribution in [2.75, 3.05) is 11.5 Å². The number of thioether (sulfide) groups is 1. The van der Waals surface area contributed by atoms with Gasteiger partial charge in [0.05, 0.1) is 11.5 Å². The van der Waals surface area contributed by atoms with E-state index in [-0.39, 0.29) is 17.5 Å². The molecule has 0 saturated carbocycles. The van der Waals surface area contributed by atoms with Crippen LogP contribution in [-0.4, -0.2) is 28.9 Å². The minimum Gasteiger partial charge on any atom is -0.459 e. The second-order valence-corrected chi connectivity index (χ2v) is 5.35. The summed E-state index contributed by atoms with van der Waals surface area (Å²) in [6.07, 6.45) is 1.47. The van der Waals surface area contributed by atoms with Gasteiger partial charge in [0.2, 0.25) is 0 Å². The number of hydrogen-bond acceptors (Lipinski definition) is 4. The number of carbonyl (C=O) groups is 2. The van der Waals surface area contributed by atoms with Crippen LogP contribution in [0.1, 0.15) is 40.5 Å². The predicted molar refractivity (Wildman–Crippen MR) is 63.1 cm³/mol. The van der Waals surface area contributed by atoms with Crippen molar-refractivity contribution in [3.05, 3.63) is 0 Å². The van der Waals surface area contributed by atoms with Gasteiger partial charge in [0.15, 0.2) is 0 Å². The van der Waals surface area contributed by atoms with Gasteiger partial charge in [0.25, 0.3) is 0 Å². The molecule has 0 aromatic rings. The number of esters is 1. The molecule has 0 aromatic carbocycles. The third kappa shape index (κ3) is 9.79. The first kappa shape index (κ1) is 14.5. The molecule has 0 rings (SSSR count). The lowest BCUT2D eigenvalue weighted by Gasteiger charge is -2.19. The van der Waals surface area contributed by atoms with Crippen molar-refractivity contribution in [1.82, 2.24) is 0 Å². The van der Waals surface area contributed by atoms with Crippen LogP contribution in [-0.2, 0) is 14.3 Å². The first-order valence-corrected chi connectivity index (χ1v) is 6.32. The lowest BCUT2D eigenvalue weighted by atomic mass is 10.2. The van der Waals surface area contributed by atoms with Crippen LogP contribution in [0, 0.1) is 0 Å². The fourth-order valence-electron chi connectivity index (χ4n) is 0.970. The molecule has 0 fully saturated rings. The minimum atomic E-state index is -0.439. The molecule has 0 aliphatic rings. The van der Waals surface area contributed by atoms with E-state index in [0.717, 1.165) is 6.42 Å². The maximum atomic E-state index is 11.2. The van der Waals surface area contributed by atoms with E-state index >= 15 is 0 Å². The molecular formula is C11H20O3S. The van der Waals surface area contributed by atoms with Crippen LogP contribution in [0.4, 0.5) is 0 Å². The fraction of sp³-hybridized carbons (Fsp3) is 0.818. The number of ketones is 1. The van der Waals surface area contributed by atoms with Crippen LogP contribution in [0.5, 0.6) is 0 Å². The van der Waals surface area contributed by atoms with Gasteiger partial charge in [-0.25, -0.2) is 0 Å². The van der Waals surface area contributed by atoms with Crippen LogP contribution >= 0.6 is 11.8 Å². The summed E-state index contributed by atoms with van der Waals surface area (Å²) in [5.74, 6) is 0.614. The Kier molecular flexibility index (Phi) is 6.65. The highest BCUT2D eigenvalue weighted by Crippen LogP contribution is 2.10. The van der Waals surface area contributed by atoms with Gasteiger partial charge < -0.3 is 4.74 Å². The normalized spacial score (nSPS) is 11.2. The Morgan fingerprint density at radius 2 is 1.80 bits per heavy atom. The van der Waals surface area contributed by atoms with Crippen LogP contribution in [0.15, 0.2) is 0 Å². The highest BCUT2D eigenvalue weighted by Gasteiger charge is 2.16. The Balaban J connectivity index is 3.60. The molecule has 88 valence electrons. The molecule has 0 saturated heterocycles. The van der Waals surface area contributed by atoms with E-state index in [0.29, 0.717) is 12.2 Å². The van der Waals surface area contributed by atoms with Crippen LogP contribution in [0.25, 0.3) is 0 Å². The van der Waals surface area contributed by atoms with Gasteiger partial charge in [-0.3, -0.25) is 9.59 Å². The zero-order chi connectivity index (χ0) is 11.9. The molecule has 0 N–H and O–H groups in total. The highest BCUT2D eigenvalue weighted by molar-refractivity contribution is 8.00. The van der Waals surface area contributed by atoms with Crippen LogP contribution in [0.2, 0.25) is 0 Å². The van der Waals surface area contributed by atoms with Crippen molar-refractivity contribution in [1.29, 1.82) is 0 Å². The van der Waals surface area contributed by atoms with Crippen molar-refractivity contribution in [3.63, 3.8) is 0 Å². The fourth-order valence-corrected chi connectivity index (χ4v) is 1.67. The van der Waals surface area contributed by atoms with E-state index in [1.165, 1.54) is 11.8 Å². The second kappa shape index (κ2) is 6.88. The van der Waals surface area contributed by atoms with Gasteiger partial charge in [-0.1, -0.05) is 6.92 Å². The third-order valence-corrected chi connectivity index (χ3v) is 2.40. The van der Waals surface area contributed by atoms with E-state index in [4.69, 9.17) is 4.74 Å². The molecule has 0 aromatic heterocycles. The molecule has 0 amide bonds. The van der Waals surface area contributed by atoms with Gasteiger partial charge in [0.1, 0.15) is 11.4 Å². The average Bonchev–Trinajstić information content (AvgIpc) is 2.00. The number of Topliss-reactive ketones (excluding diaryl/α,β-unsaturated/α-hetero) is 1.